The minimum Gasteiger partial charge on any atom is -0.497 e. The van der Waals surface area contributed by atoms with Gasteiger partial charge in [0.15, 0.2) is 5.82 Å². The Balaban J connectivity index is 1.79. The first-order chi connectivity index (χ1) is 10.7. The normalized spacial score (nSPS) is 17.5. The van der Waals surface area contributed by atoms with Crippen LogP contribution in [0.5, 0.6) is 5.75 Å². The summed E-state index contributed by atoms with van der Waals surface area (Å²) in [7, 11) is 1.67. The molecular formula is C18H19N3O. The molecule has 0 amide bonds. The molecule has 1 aliphatic rings. The summed E-state index contributed by atoms with van der Waals surface area (Å²) in [6, 6.07) is 7.89. The number of fused-ring (bicyclic) bond motifs is 3. The maximum atomic E-state index is 5.20. The van der Waals surface area contributed by atoms with Gasteiger partial charge in [0.1, 0.15) is 5.75 Å². The Kier molecular flexibility index (Phi) is 3.10. The van der Waals surface area contributed by atoms with Crippen LogP contribution in [-0.4, -0.2) is 22.1 Å². The van der Waals surface area contributed by atoms with Gasteiger partial charge in [0.2, 0.25) is 0 Å². The van der Waals surface area contributed by atoms with Crippen LogP contribution in [0.2, 0.25) is 0 Å². The minimum atomic E-state index is 0.745. The molecule has 4 heteroatoms. The van der Waals surface area contributed by atoms with Crippen molar-refractivity contribution in [2.24, 2.45) is 5.92 Å². The Morgan fingerprint density at radius 1 is 1.23 bits per heavy atom. The van der Waals surface area contributed by atoms with Crippen molar-refractivity contribution in [3.8, 4) is 17.1 Å². The van der Waals surface area contributed by atoms with Crippen LogP contribution in [0.15, 0.2) is 30.5 Å². The second kappa shape index (κ2) is 5.13. The highest BCUT2D eigenvalue weighted by atomic mass is 16.5. The zero-order chi connectivity index (χ0) is 15.1. The SMILES string of the molecule is COc1ccc(-c2ncc3[nH]c4c(c3n2)CCC(C)C4)cc1. The first-order valence-corrected chi connectivity index (χ1v) is 7.75. The summed E-state index contributed by atoms with van der Waals surface area (Å²) >= 11 is 0. The summed E-state index contributed by atoms with van der Waals surface area (Å²) in [6.07, 6.45) is 5.37. The first-order valence-electron chi connectivity index (χ1n) is 7.75. The number of methoxy groups -OCH3 is 1. The van der Waals surface area contributed by atoms with Gasteiger partial charge in [-0.25, -0.2) is 9.97 Å². The van der Waals surface area contributed by atoms with Crippen molar-refractivity contribution in [3.05, 3.63) is 41.7 Å². The van der Waals surface area contributed by atoms with E-state index < -0.39 is 0 Å². The quantitative estimate of drug-likeness (QED) is 0.782. The summed E-state index contributed by atoms with van der Waals surface area (Å²) in [5, 5.41) is 0. The van der Waals surface area contributed by atoms with Gasteiger partial charge < -0.3 is 9.72 Å². The molecule has 4 nitrogen and oxygen atoms in total. The number of nitrogens with one attached hydrogen (secondary N) is 1. The lowest BCUT2D eigenvalue weighted by Gasteiger charge is -2.17. The zero-order valence-electron chi connectivity index (χ0n) is 12.9. The highest BCUT2D eigenvalue weighted by Crippen LogP contribution is 2.31. The van der Waals surface area contributed by atoms with Crippen LogP contribution in [0.3, 0.4) is 0 Å². The van der Waals surface area contributed by atoms with Gasteiger partial charge in [-0.2, -0.15) is 0 Å². The Bertz CT molecular complexity index is 820. The van der Waals surface area contributed by atoms with Gasteiger partial charge in [0, 0.05) is 11.3 Å². The molecule has 2 aromatic heterocycles. The van der Waals surface area contributed by atoms with Crippen molar-refractivity contribution in [1.29, 1.82) is 0 Å². The molecule has 4 rings (SSSR count). The van der Waals surface area contributed by atoms with Gasteiger partial charge >= 0.3 is 0 Å². The molecule has 1 aromatic carbocycles. The number of benzene rings is 1. The van der Waals surface area contributed by atoms with Crippen molar-refractivity contribution in [1.82, 2.24) is 15.0 Å². The lowest BCUT2D eigenvalue weighted by atomic mass is 9.89. The van der Waals surface area contributed by atoms with Gasteiger partial charge in [0.25, 0.3) is 0 Å². The van der Waals surface area contributed by atoms with E-state index in [1.807, 2.05) is 30.5 Å². The number of hydrogen-bond acceptors (Lipinski definition) is 3. The Hall–Kier alpha value is -2.36. The van der Waals surface area contributed by atoms with Crippen LogP contribution in [-0.2, 0) is 12.8 Å². The van der Waals surface area contributed by atoms with Gasteiger partial charge in [0.05, 0.1) is 24.3 Å². The predicted molar refractivity (Wildman–Crippen MR) is 87.1 cm³/mol. The van der Waals surface area contributed by atoms with Crippen LogP contribution < -0.4 is 4.74 Å². The Labute approximate surface area is 129 Å². The van der Waals surface area contributed by atoms with Crippen LogP contribution in [0, 0.1) is 5.92 Å². The molecular weight excluding hydrogens is 274 g/mol. The second-order valence-corrected chi connectivity index (χ2v) is 6.11. The number of rotatable bonds is 2. The molecule has 0 spiro atoms. The zero-order valence-corrected chi connectivity index (χ0v) is 12.9. The predicted octanol–water partition coefficient (Wildman–Crippen LogP) is 3.76. The second-order valence-electron chi connectivity index (χ2n) is 6.11. The van der Waals surface area contributed by atoms with Crippen molar-refractivity contribution < 1.29 is 4.74 Å². The van der Waals surface area contributed by atoms with Gasteiger partial charge in [-0.1, -0.05) is 6.92 Å². The third-order valence-corrected chi connectivity index (χ3v) is 4.51. The minimum absolute atomic E-state index is 0.745. The summed E-state index contributed by atoms with van der Waals surface area (Å²) in [4.78, 5) is 12.8. The molecule has 2 heterocycles. The Morgan fingerprint density at radius 3 is 2.82 bits per heavy atom. The summed E-state index contributed by atoms with van der Waals surface area (Å²) in [6.45, 7) is 2.31. The fourth-order valence-electron chi connectivity index (χ4n) is 3.25. The van der Waals surface area contributed by atoms with Crippen LogP contribution >= 0.6 is 0 Å². The van der Waals surface area contributed by atoms with E-state index in [2.05, 4.69) is 16.9 Å². The van der Waals surface area contributed by atoms with E-state index in [9.17, 15) is 0 Å². The fourth-order valence-corrected chi connectivity index (χ4v) is 3.25. The van der Waals surface area contributed by atoms with E-state index >= 15 is 0 Å². The first kappa shape index (κ1) is 13.3. The molecule has 3 aromatic rings. The number of ether oxygens (including phenoxy) is 1. The number of H-pyrrole nitrogens is 1. The smallest absolute Gasteiger partial charge is 0.159 e. The number of nitrogens with zero attached hydrogens (tertiary/aromatic N) is 2. The highest BCUT2D eigenvalue weighted by Gasteiger charge is 2.21. The van der Waals surface area contributed by atoms with E-state index in [0.29, 0.717) is 0 Å². The maximum absolute atomic E-state index is 5.20. The molecule has 1 unspecified atom stereocenters. The average molecular weight is 293 g/mol. The Morgan fingerprint density at radius 2 is 2.05 bits per heavy atom. The van der Waals surface area contributed by atoms with Crippen molar-refractivity contribution in [3.63, 3.8) is 0 Å². The fraction of sp³-hybridized carbons (Fsp3) is 0.333. The molecule has 22 heavy (non-hydrogen) atoms. The van der Waals surface area contributed by atoms with Crippen molar-refractivity contribution in [2.75, 3.05) is 7.11 Å². The molecule has 0 saturated carbocycles. The van der Waals surface area contributed by atoms with E-state index in [4.69, 9.17) is 9.72 Å². The summed E-state index contributed by atoms with van der Waals surface area (Å²) in [5.74, 6) is 2.36. The van der Waals surface area contributed by atoms with E-state index in [1.165, 1.54) is 17.7 Å². The molecule has 112 valence electrons. The van der Waals surface area contributed by atoms with Gasteiger partial charge in [-0.05, 0) is 55.0 Å². The maximum Gasteiger partial charge on any atom is 0.159 e. The van der Waals surface area contributed by atoms with Crippen LogP contribution in [0.1, 0.15) is 24.6 Å². The van der Waals surface area contributed by atoms with Crippen LogP contribution in [0.25, 0.3) is 22.4 Å². The number of aryl methyl sites for hydroxylation is 1. The van der Waals surface area contributed by atoms with Crippen molar-refractivity contribution >= 4 is 11.0 Å². The van der Waals surface area contributed by atoms with E-state index in [0.717, 1.165) is 46.9 Å². The molecule has 1 N–H and O–H groups in total. The summed E-state index contributed by atoms with van der Waals surface area (Å²) in [5.41, 5.74) is 5.88. The van der Waals surface area contributed by atoms with Crippen molar-refractivity contribution in [2.45, 2.75) is 26.2 Å². The average Bonchev–Trinajstić information content (AvgIpc) is 2.91. The molecule has 1 atom stereocenters. The highest BCUT2D eigenvalue weighted by molar-refractivity contribution is 5.82. The monoisotopic (exact) mass is 293 g/mol. The molecule has 0 fully saturated rings. The third kappa shape index (κ3) is 2.15. The van der Waals surface area contributed by atoms with Gasteiger partial charge in [-0.15, -0.1) is 0 Å². The molecule has 1 aliphatic carbocycles. The largest absolute Gasteiger partial charge is 0.497 e. The topological polar surface area (TPSA) is 50.8 Å². The number of aromatic nitrogens is 3. The standard InChI is InChI=1S/C18H19N3O/c1-11-3-8-14-15(9-11)20-16-10-19-18(21-17(14)16)12-4-6-13(22-2)7-5-12/h4-7,10-11,20H,3,8-9H2,1-2H3. The summed E-state index contributed by atoms with van der Waals surface area (Å²) < 4.78 is 5.20. The molecule has 0 saturated heterocycles. The third-order valence-electron chi connectivity index (χ3n) is 4.51. The molecule has 0 radical (unpaired) electrons. The van der Waals surface area contributed by atoms with E-state index in [-0.39, 0.29) is 0 Å². The molecule has 0 bridgehead atoms. The number of hydrogen-bond donors (Lipinski definition) is 1. The van der Waals surface area contributed by atoms with Crippen LogP contribution in [0.4, 0.5) is 0 Å². The lowest BCUT2D eigenvalue weighted by molar-refractivity contribution is 0.415. The van der Waals surface area contributed by atoms with Gasteiger partial charge in [-0.3, -0.25) is 0 Å². The number of aromatic amines is 1. The molecule has 0 aliphatic heterocycles. The van der Waals surface area contributed by atoms with E-state index in [1.54, 1.807) is 7.11 Å². The lowest BCUT2D eigenvalue weighted by Crippen LogP contribution is -2.10.